The van der Waals surface area contributed by atoms with E-state index in [0.29, 0.717) is 38.0 Å². The second-order valence-electron chi connectivity index (χ2n) is 8.81. The minimum atomic E-state index is -0.00412. The fourth-order valence-corrected chi connectivity index (χ4v) is 5.13. The van der Waals surface area contributed by atoms with Crippen molar-refractivity contribution < 1.29 is 19.0 Å². The Balaban J connectivity index is 1.41. The van der Waals surface area contributed by atoms with Gasteiger partial charge in [-0.2, -0.15) is 0 Å². The Morgan fingerprint density at radius 2 is 2.03 bits per heavy atom. The van der Waals surface area contributed by atoms with Crippen molar-refractivity contribution >= 4 is 39.4 Å². The van der Waals surface area contributed by atoms with Gasteiger partial charge in [-0.15, -0.1) is 11.3 Å². The summed E-state index contributed by atoms with van der Waals surface area (Å²) in [5, 5.41) is 0. The van der Waals surface area contributed by atoms with Crippen LogP contribution < -0.4 is 9.64 Å². The Bertz CT molecular complexity index is 1210. The van der Waals surface area contributed by atoms with Crippen molar-refractivity contribution in [1.29, 1.82) is 0 Å². The summed E-state index contributed by atoms with van der Waals surface area (Å²) in [6, 6.07) is 5.72. The third kappa shape index (κ3) is 5.29. The maximum atomic E-state index is 12.6. The van der Waals surface area contributed by atoms with Gasteiger partial charge in [0.1, 0.15) is 0 Å². The van der Waals surface area contributed by atoms with Crippen molar-refractivity contribution in [1.82, 2.24) is 19.9 Å². The normalized spacial score (nSPS) is 16.9. The molecule has 5 rings (SSSR count). The van der Waals surface area contributed by atoms with Crippen LogP contribution in [0.5, 0.6) is 5.88 Å². The Morgan fingerprint density at radius 1 is 1.23 bits per heavy atom. The van der Waals surface area contributed by atoms with Gasteiger partial charge in [0.05, 0.1) is 42.7 Å². The molecule has 0 radical (unpaired) electrons. The lowest BCUT2D eigenvalue weighted by Gasteiger charge is -2.39. The number of hydrogen-bond donors (Lipinski definition) is 0. The summed E-state index contributed by atoms with van der Waals surface area (Å²) < 4.78 is 17.5. The molecule has 0 N–H and O–H groups in total. The fraction of sp³-hybridized carbons (Fsp3) is 0.440. The van der Waals surface area contributed by atoms with Crippen molar-refractivity contribution in [3.63, 3.8) is 0 Å². The van der Waals surface area contributed by atoms with Crippen LogP contribution in [-0.2, 0) is 14.3 Å². The molecule has 3 aromatic heterocycles. The minimum Gasteiger partial charge on any atom is -0.481 e. The van der Waals surface area contributed by atoms with E-state index in [0.717, 1.165) is 39.6 Å². The minimum absolute atomic E-state index is 0.00412. The number of likely N-dealkylation sites (tertiary alicyclic amines) is 1. The van der Waals surface area contributed by atoms with Crippen molar-refractivity contribution in [2.24, 2.45) is 0 Å². The topological polar surface area (TPSA) is 89.9 Å². The zero-order chi connectivity index (χ0) is 24.4. The van der Waals surface area contributed by atoms with Gasteiger partial charge in [0, 0.05) is 55.0 Å². The van der Waals surface area contributed by atoms with Crippen molar-refractivity contribution in [2.45, 2.75) is 26.1 Å². The number of ether oxygens (including phenoxy) is 3. The first-order valence-electron chi connectivity index (χ1n) is 11.8. The predicted octanol–water partition coefficient (Wildman–Crippen LogP) is 3.25. The Labute approximate surface area is 208 Å². The molecule has 35 heavy (non-hydrogen) atoms. The average Bonchev–Trinajstić information content (AvgIpc) is 3.27. The van der Waals surface area contributed by atoms with Crippen LogP contribution in [0.4, 0.5) is 5.82 Å². The van der Waals surface area contributed by atoms with E-state index in [1.807, 2.05) is 32.1 Å². The molecule has 2 fully saturated rings. The summed E-state index contributed by atoms with van der Waals surface area (Å²) >= 11 is 1.59. The highest BCUT2D eigenvalue weighted by molar-refractivity contribution is 7.20. The first kappa shape index (κ1) is 23.7. The number of methoxy groups -OCH3 is 1. The average molecular weight is 496 g/mol. The van der Waals surface area contributed by atoms with Crippen LogP contribution in [0.1, 0.15) is 18.7 Å². The molecular weight excluding hydrogens is 466 g/mol. The molecular formula is C25H29N5O4S. The molecule has 2 aliphatic heterocycles. The third-order valence-corrected chi connectivity index (χ3v) is 6.99. The lowest BCUT2D eigenvalue weighted by atomic mass is 10.1. The van der Waals surface area contributed by atoms with Crippen molar-refractivity contribution in [3.8, 4) is 17.3 Å². The van der Waals surface area contributed by atoms with Crippen LogP contribution in [-0.4, -0.2) is 84.5 Å². The van der Waals surface area contributed by atoms with Gasteiger partial charge >= 0.3 is 0 Å². The fourth-order valence-electron chi connectivity index (χ4n) is 4.12. The van der Waals surface area contributed by atoms with Gasteiger partial charge in [-0.1, -0.05) is 0 Å². The monoisotopic (exact) mass is 495 g/mol. The van der Waals surface area contributed by atoms with E-state index >= 15 is 0 Å². The number of rotatable bonds is 7. The van der Waals surface area contributed by atoms with Crippen LogP contribution in [0.3, 0.4) is 0 Å². The first-order valence-corrected chi connectivity index (χ1v) is 12.6. The smallest absolute Gasteiger partial charge is 0.246 e. The molecule has 1 amide bonds. The van der Waals surface area contributed by atoms with Crippen molar-refractivity contribution in [2.75, 3.05) is 51.4 Å². The lowest BCUT2D eigenvalue weighted by Crippen LogP contribution is -2.54. The molecule has 2 saturated heterocycles. The number of morpholine rings is 1. The summed E-state index contributed by atoms with van der Waals surface area (Å²) in [6.07, 6.45) is 5.52. The number of nitrogens with zero attached hydrogens (tertiary/aromatic N) is 5. The van der Waals surface area contributed by atoms with E-state index in [4.69, 9.17) is 24.2 Å². The number of amides is 1. The van der Waals surface area contributed by atoms with Gasteiger partial charge in [0.25, 0.3) is 0 Å². The van der Waals surface area contributed by atoms with Gasteiger partial charge < -0.3 is 24.0 Å². The summed E-state index contributed by atoms with van der Waals surface area (Å²) in [6.45, 7) is 8.15. The molecule has 3 aromatic rings. The largest absolute Gasteiger partial charge is 0.481 e. The quantitative estimate of drug-likeness (QED) is 0.462. The second-order valence-corrected chi connectivity index (χ2v) is 9.89. The molecule has 0 aliphatic carbocycles. The van der Waals surface area contributed by atoms with Crippen LogP contribution in [0.25, 0.3) is 27.7 Å². The number of carbonyl (C=O) groups is 1. The molecule has 0 spiro atoms. The zero-order valence-electron chi connectivity index (χ0n) is 20.1. The Morgan fingerprint density at radius 3 is 2.71 bits per heavy atom. The number of pyridine rings is 1. The highest BCUT2D eigenvalue weighted by Gasteiger charge is 2.30. The summed E-state index contributed by atoms with van der Waals surface area (Å²) in [5.74, 6) is 2.03. The van der Waals surface area contributed by atoms with Crippen LogP contribution >= 0.6 is 11.3 Å². The van der Waals surface area contributed by atoms with Crippen molar-refractivity contribution in [3.05, 3.63) is 35.3 Å². The van der Waals surface area contributed by atoms with E-state index in [-0.39, 0.29) is 18.1 Å². The highest BCUT2D eigenvalue weighted by atomic mass is 32.1. The maximum absolute atomic E-state index is 12.6. The van der Waals surface area contributed by atoms with Gasteiger partial charge in [0.15, 0.2) is 11.6 Å². The Hall–Kier alpha value is -3.08. The number of fused-ring (bicyclic) bond motifs is 1. The molecule has 0 saturated carbocycles. The SMILES string of the molecule is COc1ccc(-c2nc(N3CCOCC3)c3sc(/C=C/C(=O)N4CC(OC(C)C)C4)cc3n2)cn1. The molecule has 2 aliphatic rings. The number of aromatic nitrogens is 3. The molecule has 0 unspecified atom stereocenters. The van der Waals surface area contributed by atoms with Gasteiger partial charge in [-0.05, 0) is 32.1 Å². The van der Waals surface area contributed by atoms with Gasteiger partial charge in [0.2, 0.25) is 11.8 Å². The molecule has 0 bridgehead atoms. The van der Waals surface area contributed by atoms with Crippen LogP contribution in [0.15, 0.2) is 30.5 Å². The second kappa shape index (κ2) is 10.3. The van der Waals surface area contributed by atoms with Gasteiger partial charge in [-0.25, -0.2) is 15.0 Å². The van der Waals surface area contributed by atoms with E-state index in [1.165, 1.54) is 0 Å². The summed E-state index contributed by atoms with van der Waals surface area (Å²) in [5.41, 5.74) is 1.66. The van der Waals surface area contributed by atoms with E-state index in [9.17, 15) is 4.79 Å². The molecule has 0 aromatic carbocycles. The summed E-state index contributed by atoms with van der Waals surface area (Å²) in [4.78, 5) is 31.6. The number of hydrogen-bond acceptors (Lipinski definition) is 9. The van der Waals surface area contributed by atoms with Crippen LogP contribution in [0, 0.1) is 0 Å². The van der Waals surface area contributed by atoms with E-state index in [2.05, 4.69) is 9.88 Å². The predicted molar refractivity (Wildman–Crippen MR) is 136 cm³/mol. The van der Waals surface area contributed by atoms with Gasteiger partial charge in [-0.3, -0.25) is 4.79 Å². The molecule has 9 nitrogen and oxygen atoms in total. The molecule has 5 heterocycles. The number of anilines is 1. The number of carbonyl (C=O) groups excluding carboxylic acids is 1. The standard InChI is InChI=1S/C25H29N5O4S/c1-16(2)34-18-14-30(15-18)22(31)7-5-19-12-20-23(35-19)25(29-8-10-33-11-9-29)28-24(27-20)17-4-6-21(32-3)26-13-17/h4-7,12-13,16,18H,8-11,14-15H2,1-3H3/b7-5+. The molecule has 0 atom stereocenters. The molecule has 10 heteroatoms. The zero-order valence-corrected chi connectivity index (χ0v) is 21.0. The molecule has 184 valence electrons. The van der Waals surface area contributed by atoms with E-state index in [1.54, 1.807) is 41.7 Å². The van der Waals surface area contributed by atoms with Crippen LogP contribution in [0.2, 0.25) is 0 Å². The lowest BCUT2D eigenvalue weighted by molar-refractivity contribution is -0.142. The first-order chi connectivity index (χ1) is 17.0. The maximum Gasteiger partial charge on any atom is 0.246 e. The highest BCUT2D eigenvalue weighted by Crippen LogP contribution is 2.35. The van der Waals surface area contributed by atoms with E-state index < -0.39 is 0 Å². The Kier molecular flexibility index (Phi) is 6.94. The summed E-state index contributed by atoms with van der Waals surface area (Å²) in [7, 11) is 1.59. The third-order valence-electron chi connectivity index (χ3n) is 5.90. The number of thiophene rings is 1.